The first kappa shape index (κ1) is 17.5. The van der Waals surface area contributed by atoms with Gasteiger partial charge in [0, 0.05) is 12.1 Å². The lowest BCUT2D eigenvalue weighted by Crippen LogP contribution is -2.39. The lowest BCUT2D eigenvalue weighted by Gasteiger charge is -2.20. The fourth-order valence-electron chi connectivity index (χ4n) is 2.66. The molecule has 1 heterocycles. The van der Waals surface area contributed by atoms with E-state index in [-0.39, 0.29) is 12.1 Å². The molecule has 2 aromatic rings. The molecule has 0 fully saturated rings. The molecule has 0 bridgehead atoms. The maximum absolute atomic E-state index is 13.2. The van der Waals surface area contributed by atoms with Crippen molar-refractivity contribution in [3.63, 3.8) is 0 Å². The Morgan fingerprint density at radius 3 is 2.42 bits per heavy atom. The molecule has 0 saturated carbocycles. The smallest absolute Gasteiger partial charge is 0.271 e. The number of aryl methyl sites for hydroxylation is 1. The number of nitrogens with zero attached hydrogens (tertiary/aromatic N) is 2. The molecule has 1 atom stereocenters. The monoisotopic (exact) mass is 358 g/mol. The molecule has 0 spiro atoms. The van der Waals surface area contributed by atoms with E-state index in [0.29, 0.717) is 16.9 Å². The van der Waals surface area contributed by atoms with Gasteiger partial charge in [-0.2, -0.15) is 5.10 Å². The number of amides is 2. The van der Waals surface area contributed by atoms with Crippen LogP contribution in [0.4, 0.5) is 20.2 Å². The number of hydrogen-bond donors (Lipinski definition) is 2. The Morgan fingerprint density at radius 1 is 1.15 bits per heavy atom. The standard InChI is InChI=1S/C18H16F2N4O2/c1-10-8-12(20)4-7-14(10)22-18(26)15-9-16(17(21)25)24(23-15)13-5-2-11(19)3-6-13/h2-8,16H,9H2,1H3,(H2,21,25)(H,22,26). The molecule has 1 unspecified atom stereocenters. The van der Waals surface area contributed by atoms with Crippen LogP contribution >= 0.6 is 0 Å². The molecule has 1 aliphatic rings. The number of halogens is 2. The maximum Gasteiger partial charge on any atom is 0.271 e. The van der Waals surface area contributed by atoms with E-state index >= 15 is 0 Å². The van der Waals surface area contributed by atoms with E-state index in [0.717, 1.165) is 0 Å². The SMILES string of the molecule is Cc1cc(F)ccc1NC(=O)C1=NN(c2ccc(F)cc2)C(C(N)=O)C1. The highest BCUT2D eigenvalue weighted by Crippen LogP contribution is 2.25. The lowest BCUT2D eigenvalue weighted by molar-refractivity contribution is -0.119. The molecule has 6 nitrogen and oxygen atoms in total. The number of benzene rings is 2. The summed E-state index contributed by atoms with van der Waals surface area (Å²) in [6, 6.07) is 8.46. The van der Waals surface area contributed by atoms with Gasteiger partial charge in [-0.3, -0.25) is 14.6 Å². The molecule has 1 aliphatic heterocycles. The van der Waals surface area contributed by atoms with Gasteiger partial charge in [0.15, 0.2) is 0 Å². The van der Waals surface area contributed by atoms with Crippen molar-refractivity contribution < 1.29 is 18.4 Å². The van der Waals surface area contributed by atoms with Crippen molar-refractivity contribution in [2.45, 2.75) is 19.4 Å². The number of anilines is 2. The van der Waals surface area contributed by atoms with Crippen molar-refractivity contribution in [3.05, 3.63) is 59.7 Å². The van der Waals surface area contributed by atoms with E-state index in [1.54, 1.807) is 6.92 Å². The molecule has 134 valence electrons. The normalized spacial score (nSPS) is 16.3. The van der Waals surface area contributed by atoms with Crippen molar-refractivity contribution in [2.75, 3.05) is 10.3 Å². The number of nitrogens with two attached hydrogens (primary N) is 1. The topological polar surface area (TPSA) is 87.8 Å². The molecule has 26 heavy (non-hydrogen) atoms. The average molecular weight is 358 g/mol. The minimum Gasteiger partial charge on any atom is -0.368 e. The summed E-state index contributed by atoms with van der Waals surface area (Å²) in [5, 5.41) is 8.12. The number of carbonyl (C=O) groups excluding carboxylic acids is 2. The van der Waals surface area contributed by atoms with Gasteiger partial charge >= 0.3 is 0 Å². The maximum atomic E-state index is 13.2. The van der Waals surface area contributed by atoms with Gasteiger partial charge in [0.05, 0.1) is 5.69 Å². The summed E-state index contributed by atoms with van der Waals surface area (Å²) in [6.07, 6.45) is 0.0127. The summed E-state index contributed by atoms with van der Waals surface area (Å²) in [5.74, 6) is -2.01. The van der Waals surface area contributed by atoms with Crippen molar-refractivity contribution in [1.82, 2.24) is 0 Å². The van der Waals surface area contributed by atoms with Crippen LogP contribution in [0.3, 0.4) is 0 Å². The third-order valence-corrected chi connectivity index (χ3v) is 4.03. The van der Waals surface area contributed by atoms with Gasteiger partial charge in [-0.05, 0) is 55.0 Å². The third kappa shape index (κ3) is 3.53. The minimum absolute atomic E-state index is 0.0127. The van der Waals surface area contributed by atoms with E-state index in [2.05, 4.69) is 10.4 Å². The molecule has 8 heteroatoms. The number of nitrogens with one attached hydrogen (secondary N) is 1. The van der Waals surface area contributed by atoms with Crippen molar-refractivity contribution in [2.24, 2.45) is 10.8 Å². The molecular formula is C18H16F2N4O2. The highest BCUT2D eigenvalue weighted by Gasteiger charge is 2.35. The predicted molar refractivity (Wildman–Crippen MR) is 93.7 cm³/mol. The third-order valence-electron chi connectivity index (χ3n) is 4.03. The second-order valence-electron chi connectivity index (χ2n) is 5.90. The van der Waals surface area contributed by atoms with Crippen molar-refractivity contribution in [1.29, 1.82) is 0 Å². The van der Waals surface area contributed by atoms with Crippen LogP contribution in [0.15, 0.2) is 47.6 Å². The Labute approximate surface area is 148 Å². The van der Waals surface area contributed by atoms with Crippen LogP contribution in [-0.4, -0.2) is 23.6 Å². The molecule has 3 rings (SSSR count). The number of rotatable bonds is 4. The van der Waals surface area contributed by atoms with Crippen molar-refractivity contribution >= 4 is 28.9 Å². The van der Waals surface area contributed by atoms with Crippen LogP contribution in [0.25, 0.3) is 0 Å². The van der Waals surface area contributed by atoms with Gasteiger partial charge in [0.1, 0.15) is 23.4 Å². The summed E-state index contributed by atoms with van der Waals surface area (Å²) in [4.78, 5) is 24.2. The predicted octanol–water partition coefficient (Wildman–Crippen LogP) is 2.33. The second-order valence-corrected chi connectivity index (χ2v) is 5.90. The molecular weight excluding hydrogens is 342 g/mol. The molecule has 0 aromatic heterocycles. The molecule has 0 aliphatic carbocycles. The Hall–Kier alpha value is -3.29. The molecule has 0 saturated heterocycles. The first-order chi connectivity index (χ1) is 12.3. The number of hydrazone groups is 1. The quantitative estimate of drug-likeness (QED) is 0.879. The van der Waals surface area contributed by atoms with Crippen LogP contribution in [0.1, 0.15) is 12.0 Å². The van der Waals surface area contributed by atoms with Gasteiger partial charge in [-0.25, -0.2) is 8.78 Å². The van der Waals surface area contributed by atoms with Crippen LogP contribution in [0, 0.1) is 18.6 Å². The highest BCUT2D eigenvalue weighted by molar-refractivity contribution is 6.44. The zero-order valence-electron chi connectivity index (χ0n) is 13.9. The first-order valence-electron chi connectivity index (χ1n) is 7.84. The van der Waals surface area contributed by atoms with E-state index in [1.807, 2.05) is 0 Å². The summed E-state index contributed by atoms with van der Waals surface area (Å²) < 4.78 is 26.3. The largest absolute Gasteiger partial charge is 0.368 e. The van der Waals surface area contributed by atoms with Crippen LogP contribution in [0.5, 0.6) is 0 Å². The summed E-state index contributed by atoms with van der Waals surface area (Å²) in [5.41, 5.74) is 6.94. The van der Waals surface area contributed by atoms with Gasteiger partial charge < -0.3 is 11.1 Å². The van der Waals surface area contributed by atoms with E-state index in [4.69, 9.17) is 5.73 Å². The summed E-state index contributed by atoms with van der Waals surface area (Å²) in [6.45, 7) is 1.66. The Kier molecular flexibility index (Phi) is 4.66. The van der Waals surface area contributed by atoms with Crippen LogP contribution in [-0.2, 0) is 9.59 Å². The van der Waals surface area contributed by atoms with Crippen molar-refractivity contribution in [3.8, 4) is 0 Å². The molecule has 3 N–H and O–H groups in total. The Morgan fingerprint density at radius 2 is 1.81 bits per heavy atom. The summed E-state index contributed by atoms with van der Waals surface area (Å²) in [7, 11) is 0. The van der Waals surface area contributed by atoms with Gasteiger partial charge in [0.2, 0.25) is 5.91 Å². The van der Waals surface area contributed by atoms with Gasteiger partial charge in [-0.1, -0.05) is 0 Å². The number of hydrogen-bond acceptors (Lipinski definition) is 4. The number of carbonyl (C=O) groups is 2. The first-order valence-corrected chi connectivity index (χ1v) is 7.84. The molecule has 2 aromatic carbocycles. The minimum atomic E-state index is -0.851. The molecule has 0 radical (unpaired) electrons. The lowest BCUT2D eigenvalue weighted by atomic mass is 10.1. The van der Waals surface area contributed by atoms with Crippen LogP contribution in [0.2, 0.25) is 0 Å². The van der Waals surface area contributed by atoms with Gasteiger partial charge in [-0.15, -0.1) is 0 Å². The fourth-order valence-corrected chi connectivity index (χ4v) is 2.66. The summed E-state index contributed by atoms with van der Waals surface area (Å²) >= 11 is 0. The zero-order valence-corrected chi connectivity index (χ0v) is 13.9. The number of primary amides is 1. The van der Waals surface area contributed by atoms with E-state index in [1.165, 1.54) is 47.5 Å². The average Bonchev–Trinajstić information content (AvgIpc) is 3.04. The zero-order chi connectivity index (χ0) is 18.8. The fraction of sp³-hybridized carbons (Fsp3) is 0.167. The van der Waals surface area contributed by atoms with Gasteiger partial charge in [0.25, 0.3) is 5.91 Å². The van der Waals surface area contributed by atoms with E-state index < -0.39 is 29.5 Å². The highest BCUT2D eigenvalue weighted by atomic mass is 19.1. The Balaban J connectivity index is 1.84. The molecule has 2 amide bonds. The van der Waals surface area contributed by atoms with Crippen LogP contribution < -0.4 is 16.1 Å². The second kappa shape index (κ2) is 6.91. The van der Waals surface area contributed by atoms with E-state index in [9.17, 15) is 18.4 Å². The Bertz CT molecular complexity index is 897.